The molecule has 4 nitrogen and oxygen atoms in total. The molecule has 0 fully saturated rings. The Balaban J connectivity index is 0. The summed E-state index contributed by atoms with van der Waals surface area (Å²) in [6.07, 6.45) is 2.18. The van der Waals surface area contributed by atoms with Gasteiger partial charge in [-0.1, -0.05) is 27.7 Å². The molecule has 0 saturated heterocycles. The number of rotatable bonds is 8. The van der Waals surface area contributed by atoms with Crippen molar-refractivity contribution in [2.75, 3.05) is 24.6 Å². The topological polar surface area (TPSA) is 46.5 Å². The van der Waals surface area contributed by atoms with Gasteiger partial charge in [0, 0.05) is 24.3 Å². The molecule has 0 aliphatic rings. The van der Waals surface area contributed by atoms with E-state index in [0.717, 1.165) is 37.4 Å². The Kier molecular flexibility index (Phi) is 17.4. The molecule has 144 valence electrons. The van der Waals surface area contributed by atoms with E-state index >= 15 is 0 Å². The van der Waals surface area contributed by atoms with Gasteiger partial charge in [-0.15, -0.1) is 0 Å². The smallest absolute Gasteiger partial charge is 0.398 e. The standard InChI is InChI=1S/2C9H19NOS/c1-6-12-9(11)10(7(2)3)8(4)5;1-4-7-10(8-5-2)9(11)12-6-3/h7-8H,6H2,1-5H3;4-8H2,1-3H3/p+2. The second-order valence-corrected chi connectivity index (χ2v) is 8.48. The highest BCUT2D eigenvalue weighted by Crippen LogP contribution is 2.06. The second kappa shape index (κ2) is 16.1. The lowest BCUT2D eigenvalue weighted by Gasteiger charge is -2.11. The lowest BCUT2D eigenvalue weighted by Crippen LogP contribution is -2.32. The van der Waals surface area contributed by atoms with Crippen molar-refractivity contribution >= 4 is 34.0 Å². The first kappa shape index (κ1) is 25.9. The molecule has 0 aromatic carbocycles. The normalized spacial score (nSPS) is 10.4. The molecular weight excluding hydrogens is 340 g/mol. The van der Waals surface area contributed by atoms with Crippen LogP contribution in [0.3, 0.4) is 0 Å². The predicted octanol–water partition coefficient (Wildman–Crippen LogP) is 4.97. The zero-order valence-electron chi connectivity index (χ0n) is 17.0. The summed E-state index contributed by atoms with van der Waals surface area (Å²) in [5.74, 6) is 1.86. The van der Waals surface area contributed by atoms with Crippen LogP contribution in [0, 0.1) is 0 Å². The molecule has 0 atom stereocenters. The SMILES string of the molecule is CCC[N+](CCC)=C(O)SCC.CCSC(O)=[N+](C(C)C)C(C)C. The van der Waals surface area contributed by atoms with Crippen molar-refractivity contribution < 1.29 is 19.4 Å². The molecule has 0 bridgehead atoms. The quantitative estimate of drug-likeness (QED) is 0.354. The molecule has 6 heteroatoms. The van der Waals surface area contributed by atoms with E-state index in [1.165, 1.54) is 23.5 Å². The van der Waals surface area contributed by atoms with E-state index in [0.29, 0.717) is 22.5 Å². The van der Waals surface area contributed by atoms with Gasteiger partial charge in [0.15, 0.2) is 12.1 Å². The van der Waals surface area contributed by atoms with Crippen molar-refractivity contribution in [3.05, 3.63) is 0 Å². The molecule has 0 spiro atoms. The van der Waals surface area contributed by atoms with Gasteiger partial charge in [0.2, 0.25) is 0 Å². The first-order chi connectivity index (χ1) is 11.3. The fourth-order valence-corrected chi connectivity index (χ4v) is 3.76. The summed E-state index contributed by atoms with van der Waals surface area (Å²) in [5, 5.41) is 20.2. The van der Waals surface area contributed by atoms with Crippen molar-refractivity contribution in [3.8, 4) is 0 Å². The third-order valence-corrected chi connectivity index (χ3v) is 4.70. The highest BCUT2D eigenvalue weighted by Gasteiger charge is 2.20. The Morgan fingerprint density at radius 3 is 1.42 bits per heavy atom. The molecule has 0 radical (unpaired) electrons. The minimum Gasteiger partial charge on any atom is -0.455 e. The summed E-state index contributed by atoms with van der Waals surface area (Å²) in [7, 11) is 0. The van der Waals surface area contributed by atoms with Crippen LogP contribution in [0.15, 0.2) is 0 Å². The first-order valence-electron chi connectivity index (χ1n) is 9.17. The van der Waals surface area contributed by atoms with Crippen LogP contribution in [0.1, 0.15) is 68.2 Å². The number of hydrogen-bond donors (Lipinski definition) is 2. The van der Waals surface area contributed by atoms with Crippen LogP contribution in [0.4, 0.5) is 0 Å². The van der Waals surface area contributed by atoms with E-state index in [9.17, 15) is 10.2 Å². The van der Waals surface area contributed by atoms with Crippen molar-refractivity contribution in [2.24, 2.45) is 0 Å². The summed E-state index contributed by atoms with van der Waals surface area (Å²) in [4.78, 5) is 0. The number of nitrogens with zero attached hydrogens (tertiary/aromatic N) is 2. The summed E-state index contributed by atoms with van der Waals surface area (Å²) < 4.78 is 4.07. The van der Waals surface area contributed by atoms with Crippen LogP contribution in [0.25, 0.3) is 0 Å². The summed E-state index contributed by atoms with van der Waals surface area (Å²) in [6, 6.07) is 0.730. The predicted molar refractivity (Wildman–Crippen MR) is 113 cm³/mol. The summed E-state index contributed by atoms with van der Waals surface area (Å²) in [5.41, 5.74) is 0. The minimum absolute atomic E-state index is 0.365. The molecule has 0 saturated carbocycles. The van der Waals surface area contributed by atoms with Gasteiger partial charge < -0.3 is 10.2 Å². The highest BCUT2D eigenvalue weighted by molar-refractivity contribution is 8.13. The highest BCUT2D eigenvalue weighted by atomic mass is 32.2. The lowest BCUT2D eigenvalue weighted by molar-refractivity contribution is -0.591. The molecule has 0 aliphatic heterocycles. The Morgan fingerprint density at radius 1 is 0.750 bits per heavy atom. The van der Waals surface area contributed by atoms with E-state index < -0.39 is 0 Å². The maximum absolute atomic E-state index is 9.66. The number of aliphatic hydroxyl groups excluding tert-OH is 2. The minimum atomic E-state index is 0.365. The lowest BCUT2D eigenvalue weighted by atomic mass is 10.3. The van der Waals surface area contributed by atoms with Crippen LogP contribution in [-0.4, -0.2) is 66.5 Å². The maximum atomic E-state index is 9.66. The van der Waals surface area contributed by atoms with Gasteiger partial charge >= 0.3 is 10.5 Å². The Morgan fingerprint density at radius 2 is 1.12 bits per heavy atom. The summed E-state index contributed by atoms with van der Waals surface area (Å²) >= 11 is 3.01. The molecule has 0 aromatic heterocycles. The van der Waals surface area contributed by atoms with Gasteiger partial charge in [0.1, 0.15) is 13.1 Å². The van der Waals surface area contributed by atoms with Gasteiger partial charge in [-0.25, -0.2) is 0 Å². The van der Waals surface area contributed by atoms with Crippen LogP contribution in [-0.2, 0) is 0 Å². The number of thioether (sulfide) groups is 2. The largest absolute Gasteiger partial charge is 0.455 e. The van der Waals surface area contributed by atoms with E-state index in [1.807, 2.05) is 16.1 Å². The molecule has 0 aromatic rings. The Hall–Kier alpha value is -0.360. The Labute approximate surface area is 158 Å². The van der Waals surface area contributed by atoms with Gasteiger partial charge in [-0.3, -0.25) is 0 Å². The molecule has 0 aliphatic carbocycles. The van der Waals surface area contributed by atoms with E-state index in [4.69, 9.17) is 0 Å². The van der Waals surface area contributed by atoms with Crippen LogP contribution in [0.2, 0.25) is 0 Å². The average Bonchev–Trinajstić information content (AvgIpc) is 2.47. The van der Waals surface area contributed by atoms with Gasteiger partial charge in [0.05, 0.1) is 0 Å². The molecule has 0 amide bonds. The molecule has 0 heterocycles. The van der Waals surface area contributed by atoms with Gasteiger partial charge in [-0.2, -0.15) is 9.15 Å². The molecule has 24 heavy (non-hydrogen) atoms. The summed E-state index contributed by atoms with van der Waals surface area (Å²) in [6.45, 7) is 18.6. The van der Waals surface area contributed by atoms with E-state index in [-0.39, 0.29) is 0 Å². The zero-order valence-corrected chi connectivity index (χ0v) is 18.6. The first-order valence-corrected chi connectivity index (χ1v) is 11.1. The van der Waals surface area contributed by atoms with Crippen molar-refractivity contribution in [1.82, 2.24) is 0 Å². The molecule has 2 N–H and O–H groups in total. The fourth-order valence-electron chi connectivity index (χ4n) is 2.30. The van der Waals surface area contributed by atoms with E-state index in [2.05, 4.69) is 48.5 Å². The van der Waals surface area contributed by atoms with Crippen LogP contribution < -0.4 is 0 Å². The second-order valence-electron chi connectivity index (χ2n) is 6.01. The molecule has 0 unspecified atom stereocenters. The maximum Gasteiger partial charge on any atom is 0.398 e. The number of hydrogen-bond acceptors (Lipinski definition) is 2. The van der Waals surface area contributed by atoms with Crippen molar-refractivity contribution in [2.45, 2.75) is 80.3 Å². The van der Waals surface area contributed by atoms with E-state index in [1.54, 1.807) is 0 Å². The zero-order chi connectivity index (χ0) is 19.1. The fraction of sp³-hybridized carbons (Fsp3) is 0.889. The third-order valence-electron chi connectivity index (χ3n) is 3.14. The van der Waals surface area contributed by atoms with Gasteiger partial charge in [-0.05, 0) is 51.2 Å². The number of aliphatic hydroxyl groups is 2. The molecule has 0 rings (SSSR count). The van der Waals surface area contributed by atoms with Crippen molar-refractivity contribution in [3.63, 3.8) is 0 Å². The average molecular weight is 381 g/mol. The van der Waals surface area contributed by atoms with Gasteiger partial charge in [0.25, 0.3) is 0 Å². The van der Waals surface area contributed by atoms with Crippen molar-refractivity contribution in [1.29, 1.82) is 0 Å². The van der Waals surface area contributed by atoms with Crippen LogP contribution >= 0.6 is 23.5 Å². The Bertz CT molecular complexity index is 363. The molecular formula is C18H40N2O2S2+2. The third kappa shape index (κ3) is 12.1. The van der Waals surface area contributed by atoms with Crippen LogP contribution in [0.5, 0.6) is 0 Å². The monoisotopic (exact) mass is 380 g/mol.